The van der Waals surface area contributed by atoms with Crippen LogP contribution in [0.2, 0.25) is 0 Å². The predicted octanol–water partition coefficient (Wildman–Crippen LogP) is 2.17. The monoisotopic (exact) mass is 333 g/mol. The number of anilines is 2. The molecule has 1 unspecified atom stereocenters. The van der Waals surface area contributed by atoms with E-state index in [1.165, 1.54) is 0 Å². The second-order valence-electron chi connectivity index (χ2n) is 6.25. The molecule has 0 radical (unpaired) electrons. The summed E-state index contributed by atoms with van der Waals surface area (Å²) in [6.45, 7) is 6.26. The molecule has 126 valence electrons. The molecule has 1 saturated heterocycles. The maximum Gasteiger partial charge on any atom is 0.169 e. The number of nitriles is 2. The molecule has 7 heteroatoms. The summed E-state index contributed by atoms with van der Waals surface area (Å²) in [5, 5.41) is 30.0. The maximum atomic E-state index is 9.46. The number of aryl methyl sites for hydroxylation is 1. The van der Waals surface area contributed by atoms with E-state index < -0.39 is 0 Å². The fourth-order valence-electron chi connectivity index (χ4n) is 2.96. The molecular weight excluding hydrogens is 314 g/mol. The first-order valence-corrected chi connectivity index (χ1v) is 8.21. The Kier molecular flexibility index (Phi) is 4.76. The molecule has 0 aromatic carbocycles. The lowest BCUT2D eigenvalue weighted by Crippen LogP contribution is -2.25. The minimum absolute atomic E-state index is 0.437. The van der Waals surface area contributed by atoms with Crippen LogP contribution in [0.4, 0.5) is 11.6 Å². The first-order valence-electron chi connectivity index (χ1n) is 8.21. The van der Waals surface area contributed by atoms with Gasteiger partial charge < -0.3 is 10.2 Å². The van der Waals surface area contributed by atoms with Gasteiger partial charge in [0.25, 0.3) is 0 Å². The zero-order valence-electron chi connectivity index (χ0n) is 14.3. The first-order chi connectivity index (χ1) is 12.1. The summed E-state index contributed by atoms with van der Waals surface area (Å²) in [5.74, 6) is 1.89. The Hall–Kier alpha value is -3.19. The maximum absolute atomic E-state index is 9.46. The molecule has 0 bridgehead atoms. The van der Waals surface area contributed by atoms with Gasteiger partial charge in [-0.2, -0.15) is 15.6 Å². The van der Waals surface area contributed by atoms with Crippen molar-refractivity contribution in [1.29, 1.82) is 10.5 Å². The second kappa shape index (κ2) is 7.14. The van der Waals surface area contributed by atoms with Crippen molar-refractivity contribution < 1.29 is 0 Å². The average Bonchev–Trinajstić information content (AvgIpc) is 3.11. The number of hydrogen-bond acceptors (Lipinski definition) is 7. The van der Waals surface area contributed by atoms with Crippen molar-refractivity contribution in [2.75, 3.05) is 29.9 Å². The van der Waals surface area contributed by atoms with Crippen molar-refractivity contribution in [3.63, 3.8) is 0 Å². The Morgan fingerprint density at radius 3 is 2.76 bits per heavy atom. The average molecular weight is 333 g/mol. The molecule has 2 aromatic rings. The van der Waals surface area contributed by atoms with Gasteiger partial charge in [-0.1, -0.05) is 0 Å². The Morgan fingerprint density at radius 1 is 1.24 bits per heavy atom. The molecule has 25 heavy (non-hydrogen) atoms. The van der Waals surface area contributed by atoms with Crippen LogP contribution < -0.4 is 10.2 Å². The number of aromatic nitrogens is 3. The van der Waals surface area contributed by atoms with Crippen LogP contribution in [-0.2, 0) is 0 Å². The van der Waals surface area contributed by atoms with Crippen molar-refractivity contribution in [3.05, 3.63) is 40.7 Å². The molecule has 2 aromatic heterocycles. The zero-order chi connectivity index (χ0) is 17.8. The molecule has 1 aliphatic rings. The Balaban J connectivity index is 1.63. The van der Waals surface area contributed by atoms with Crippen LogP contribution >= 0.6 is 0 Å². The van der Waals surface area contributed by atoms with E-state index >= 15 is 0 Å². The first kappa shape index (κ1) is 16.7. The Bertz CT molecular complexity index is 845. The Labute approximate surface area is 146 Å². The molecule has 0 aliphatic carbocycles. The van der Waals surface area contributed by atoms with E-state index in [0.717, 1.165) is 43.1 Å². The van der Waals surface area contributed by atoms with E-state index in [1.54, 1.807) is 12.3 Å². The van der Waals surface area contributed by atoms with Crippen molar-refractivity contribution in [1.82, 2.24) is 15.2 Å². The van der Waals surface area contributed by atoms with Crippen LogP contribution in [0.25, 0.3) is 0 Å². The van der Waals surface area contributed by atoms with Crippen LogP contribution in [0, 0.1) is 42.4 Å². The molecule has 3 heterocycles. The van der Waals surface area contributed by atoms with Gasteiger partial charge in [-0.05, 0) is 43.9 Å². The molecule has 1 atom stereocenters. The van der Waals surface area contributed by atoms with Gasteiger partial charge in [-0.15, -0.1) is 5.10 Å². The van der Waals surface area contributed by atoms with Crippen LogP contribution in [0.3, 0.4) is 0 Å². The lowest BCUT2D eigenvalue weighted by atomic mass is 10.1. The number of hydrogen-bond donors (Lipinski definition) is 1. The number of nitrogens with one attached hydrogen (secondary N) is 1. The smallest absolute Gasteiger partial charge is 0.169 e. The molecule has 0 saturated carbocycles. The lowest BCUT2D eigenvalue weighted by Gasteiger charge is -2.19. The fourth-order valence-corrected chi connectivity index (χ4v) is 2.96. The van der Waals surface area contributed by atoms with E-state index in [4.69, 9.17) is 5.26 Å². The van der Waals surface area contributed by atoms with Gasteiger partial charge in [0.1, 0.15) is 23.5 Å². The molecule has 7 nitrogen and oxygen atoms in total. The van der Waals surface area contributed by atoms with Crippen LogP contribution in [0.5, 0.6) is 0 Å². The molecule has 0 spiro atoms. The summed E-state index contributed by atoms with van der Waals surface area (Å²) in [6.07, 6.45) is 2.58. The minimum Gasteiger partial charge on any atom is -0.370 e. The third-order valence-corrected chi connectivity index (χ3v) is 4.60. The lowest BCUT2D eigenvalue weighted by molar-refractivity contribution is 0.620. The van der Waals surface area contributed by atoms with E-state index in [9.17, 15) is 5.26 Å². The van der Waals surface area contributed by atoms with Crippen molar-refractivity contribution in [2.24, 2.45) is 5.92 Å². The van der Waals surface area contributed by atoms with Gasteiger partial charge in [-0.3, -0.25) is 0 Å². The van der Waals surface area contributed by atoms with E-state index in [0.29, 0.717) is 22.9 Å². The highest BCUT2D eigenvalue weighted by Crippen LogP contribution is 2.27. The largest absolute Gasteiger partial charge is 0.370 e. The molecule has 1 fully saturated rings. The predicted molar refractivity (Wildman–Crippen MR) is 94.0 cm³/mol. The summed E-state index contributed by atoms with van der Waals surface area (Å²) in [4.78, 5) is 6.36. The summed E-state index contributed by atoms with van der Waals surface area (Å²) in [5.41, 5.74) is 2.87. The quantitative estimate of drug-likeness (QED) is 0.914. The van der Waals surface area contributed by atoms with Crippen molar-refractivity contribution >= 4 is 11.6 Å². The topological polar surface area (TPSA) is 102 Å². The Morgan fingerprint density at radius 2 is 2.08 bits per heavy atom. The number of rotatable bonds is 4. The van der Waals surface area contributed by atoms with Gasteiger partial charge >= 0.3 is 0 Å². The van der Waals surface area contributed by atoms with Crippen molar-refractivity contribution in [3.8, 4) is 12.1 Å². The molecule has 1 N–H and O–H groups in total. The SMILES string of the molecule is Cc1nnc(N2CCC(CNc3ccc(C#N)cn3)C2)c(C#N)c1C. The van der Waals surface area contributed by atoms with Gasteiger partial charge in [-0.25, -0.2) is 4.98 Å². The van der Waals surface area contributed by atoms with Gasteiger partial charge in [0, 0.05) is 25.8 Å². The van der Waals surface area contributed by atoms with Gasteiger partial charge in [0.05, 0.1) is 11.3 Å². The fraction of sp³-hybridized carbons (Fsp3) is 0.389. The highest BCUT2D eigenvalue weighted by molar-refractivity contribution is 5.58. The van der Waals surface area contributed by atoms with Crippen LogP contribution in [-0.4, -0.2) is 34.8 Å². The number of nitrogens with zero attached hydrogens (tertiary/aromatic N) is 6. The zero-order valence-corrected chi connectivity index (χ0v) is 14.3. The second-order valence-corrected chi connectivity index (χ2v) is 6.25. The molecule has 3 rings (SSSR count). The summed E-state index contributed by atoms with van der Waals surface area (Å²) < 4.78 is 0. The molecule has 0 amide bonds. The number of pyridine rings is 1. The van der Waals surface area contributed by atoms with E-state index in [2.05, 4.69) is 37.5 Å². The van der Waals surface area contributed by atoms with Crippen molar-refractivity contribution in [2.45, 2.75) is 20.3 Å². The molecular formula is C18H19N7. The summed E-state index contributed by atoms with van der Waals surface area (Å²) >= 11 is 0. The van der Waals surface area contributed by atoms with E-state index in [1.807, 2.05) is 19.9 Å². The van der Waals surface area contributed by atoms with Gasteiger partial charge in [0.2, 0.25) is 0 Å². The van der Waals surface area contributed by atoms with Crippen LogP contribution in [0.1, 0.15) is 28.8 Å². The highest BCUT2D eigenvalue weighted by atomic mass is 15.3. The summed E-state index contributed by atoms with van der Waals surface area (Å²) in [7, 11) is 0. The van der Waals surface area contributed by atoms with E-state index in [-0.39, 0.29) is 0 Å². The third-order valence-electron chi connectivity index (χ3n) is 4.60. The van der Waals surface area contributed by atoms with Crippen LogP contribution in [0.15, 0.2) is 18.3 Å². The molecule has 1 aliphatic heterocycles. The normalized spacial score (nSPS) is 16.3. The third kappa shape index (κ3) is 3.51. The highest BCUT2D eigenvalue weighted by Gasteiger charge is 2.26. The summed E-state index contributed by atoms with van der Waals surface area (Å²) in [6, 6.07) is 7.89. The standard InChI is InChI=1S/C18H19N7/c1-12-13(2)23-24-18(16(12)8-20)25-6-5-15(11-25)10-22-17-4-3-14(7-19)9-21-17/h3-4,9,15H,5-6,10-11H2,1-2H3,(H,21,22). The van der Waals surface area contributed by atoms with Gasteiger partial charge in [0.15, 0.2) is 5.82 Å². The minimum atomic E-state index is 0.437.